The Labute approximate surface area is 107 Å². The zero-order chi connectivity index (χ0) is 13.0. The molecule has 1 N–H and O–H groups in total. The van der Waals surface area contributed by atoms with Crippen molar-refractivity contribution in [2.45, 2.75) is 32.2 Å². The minimum Gasteiger partial charge on any atom is -0.382 e. The zero-order valence-corrected chi connectivity index (χ0v) is 10.8. The van der Waals surface area contributed by atoms with E-state index in [9.17, 15) is 8.78 Å². The lowest BCUT2D eigenvalue weighted by atomic mass is 10.0. The van der Waals surface area contributed by atoms with E-state index in [1.54, 1.807) is 6.07 Å². The summed E-state index contributed by atoms with van der Waals surface area (Å²) in [7, 11) is 0. The van der Waals surface area contributed by atoms with Crippen LogP contribution in [-0.4, -0.2) is 30.6 Å². The Balaban J connectivity index is 1.85. The van der Waals surface area contributed by atoms with E-state index >= 15 is 0 Å². The molecule has 18 heavy (non-hydrogen) atoms. The second-order valence-electron chi connectivity index (χ2n) is 4.89. The molecule has 1 aliphatic heterocycles. The highest BCUT2D eigenvalue weighted by Gasteiger charge is 2.18. The average Bonchev–Trinajstić information content (AvgIpc) is 2.37. The second-order valence-corrected chi connectivity index (χ2v) is 4.89. The predicted molar refractivity (Wildman–Crippen MR) is 69.7 cm³/mol. The van der Waals surface area contributed by atoms with E-state index in [1.807, 2.05) is 0 Å². The fourth-order valence-corrected chi connectivity index (χ4v) is 2.44. The zero-order valence-electron chi connectivity index (χ0n) is 10.8. The van der Waals surface area contributed by atoms with E-state index in [2.05, 4.69) is 17.1 Å². The van der Waals surface area contributed by atoms with Crippen LogP contribution in [0.3, 0.4) is 0 Å². The summed E-state index contributed by atoms with van der Waals surface area (Å²) < 4.78 is 25.9. The van der Waals surface area contributed by atoms with Gasteiger partial charge in [0.05, 0.1) is 0 Å². The van der Waals surface area contributed by atoms with Gasteiger partial charge in [-0.25, -0.2) is 8.78 Å². The predicted octanol–water partition coefficient (Wildman–Crippen LogP) is 3.25. The molecule has 1 aromatic rings. The molecule has 0 saturated carbocycles. The molecule has 4 heteroatoms. The maximum absolute atomic E-state index is 13.1. The van der Waals surface area contributed by atoms with Crippen LogP contribution in [0.5, 0.6) is 0 Å². The molecular formula is C14H20F2N2. The van der Waals surface area contributed by atoms with Crippen molar-refractivity contribution in [2.24, 2.45) is 0 Å². The highest BCUT2D eigenvalue weighted by atomic mass is 19.2. The van der Waals surface area contributed by atoms with E-state index in [0.717, 1.165) is 32.5 Å². The summed E-state index contributed by atoms with van der Waals surface area (Å²) in [6.07, 6.45) is 3.29. The van der Waals surface area contributed by atoms with Crippen molar-refractivity contribution in [2.75, 3.05) is 25.0 Å². The summed E-state index contributed by atoms with van der Waals surface area (Å²) in [4.78, 5) is 2.45. The number of hydrogen-bond acceptors (Lipinski definition) is 2. The lowest BCUT2D eigenvalue weighted by Gasteiger charge is -2.32. The molecule has 0 aliphatic carbocycles. The third-order valence-corrected chi connectivity index (χ3v) is 3.42. The van der Waals surface area contributed by atoms with E-state index in [-0.39, 0.29) is 0 Å². The molecule has 0 spiro atoms. The molecule has 1 aromatic carbocycles. The number of likely N-dealkylation sites (tertiary alicyclic amines) is 1. The van der Waals surface area contributed by atoms with Crippen LogP contribution in [0.25, 0.3) is 0 Å². The molecule has 1 saturated heterocycles. The van der Waals surface area contributed by atoms with Crippen molar-refractivity contribution < 1.29 is 8.78 Å². The first kappa shape index (κ1) is 13.3. The smallest absolute Gasteiger partial charge is 0.160 e. The monoisotopic (exact) mass is 254 g/mol. The van der Waals surface area contributed by atoms with Gasteiger partial charge in [-0.05, 0) is 37.9 Å². The average molecular weight is 254 g/mol. The Hall–Kier alpha value is -1.16. The summed E-state index contributed by atoms with van der Waals surface area (Å²) in [6, 6.07) is 4.36. The molecule has 0 amide bonds. The SMILES string of the molecule is CCCN1CCC(Nc2ccc(F)c(F)c2)CC1. The maximum Gasteiger partial charge on any atom is 0.160 e. The van der Waals surface area contributed by atoms with E-state index in [4.69, 9.17) is 0 Å². The van der Waals surface area contributed by atoms with Crippen LogP contribution in [0.2, 0.25) is 0 Å². The number of hydrogen-bond donors (Lipinski definition) is 1. The molecule has 2 rings (SSSR count). The highest BCUT2D eigenvalue weighted by Crippen LogP contribution is 2.18. The Bertz CT molecular complexity index is 387. The molecule has 1 fully saturated rings. The van der Waals surface area contributed by atoms with Gasteiger partial charge in [-0.1, -0.05) is 6.92 Å². The number of anilines is 1. The minimum atomic E-state index is -0.793. The Morgan fingerprint density at radius 2 is 1.94 bits per heavy atom. The first-order valence-electron chi connectivity index (χ1n) is 6.63. The van der Waals surface area contributed by atoms with Crippen LogP contribution in [0.15, 0.2) is 18.2 Å². The molecule has 100 valence electrons. The largest absolute Gasteiger partial charge is 0.382 e. The van der Waals surface area contributed by atoms with Gasteiger partial charge < -0.3 is 10.2 Å². The minimum absolute atomic E-state index is 0.364. The van der Waals surface area contributed by atoms with Crippen molar-refractivity contribution in [3.8, 4) is 0 Å². The molecule has 0 atom stereocenters. The van der Waals surface area contributed by atoms with Crippen LogP contribution in [0, 0.1) is 11.6 Å². The topological polar surface area (TPSA) is 15.3 Å². The molecule has 0 aromatic heterocycles. The van der Waals surface area contributed by atoms with Gasteiger partial charge in [-0.15, -0.1) is 0 Å². The van der Waals surface area contributed by atoms with Crippen LogP contribution < -0.4 is 5.32 Å². The van der Waals surface area contributed by atoms with Gasteiger partial charge in [0.25, 0.3) is 0 Å². The molecule has 0 bridgehead atoms. The van der Waals surface area contributed by atoms with Crippen LogP contribution >= 0.6 is 0 Å². The summed E-state index contributed by atoms with van der Waals surface area (Å²) in [5.74, 6) is -1.58. The number of nitrogens with zero attached hydrogens (tertiary/aromatic N) is 1. The maximum atomic E-state index is 13.1. The summed E-state index contributed by atoms with van der Waals surface area (Å²) in [5.41, 5.74) is 0.669. The fourth-order valence-electron chi connectivity index (χ4n) is 2.44. The molecule has 1 aliphatic rings. The third kappa shape index (κ3) is 3.42. The summed E-state index contributed by atoms with van der Waals surface area (Å²) >= 11 is 0. The number of piperidine rings is 1. The van der Waals surface area contributed by atoms with Crippen LogP contribution in [0.4, 0.5) is 14.5 Å². The lowest BCUT2D eigenvalue weighted by molar-refractivity contribution is 0.219. The van der Waals surface area contributed by atoms with Gasteiger partial charge in [-0.3, -0.25) is 0 Å². The van der Waals surface area contributed by atoms with Gasteiger partial charge in [0.15, 0.2) is 11.6 Å². The van der Waals surface area contributed by atoms with E-state index in [1.165, 1.54) is 18.6 Å². The van der Waals surface area contributed by atoms with Gasteiger partial charge >= 0.3 is 0 Å². The lowest BCUT2D eigenvalue weighted by Crippen LogP contribution is -2.39. The standard InChI is InChI=1S/C14H20F2N2/c1-2-7-18-8-5-11(6-9-18)17-12-3-4-13(15)14(16)10-12/h3-4,10-11,17H,2,5-9H2,1H3. The quantitative estimate of drug-likeness (QED) is 0.887. The highest BCUT2D eigenvalue weighted by molar-refractivity contribution is 5.44. The third-order valence-electron chi connectivity index (χ3n) is 3.42. The fraction of sp³-hybridized carbons (Fsp3) is 0.571. The second kappa shape index (κ2) is 6.14. The normalized spacial score (nSPS) is 17.9. The van der Waals surface area contributed by atoms with E-state index in [0.29, 0.717) is 11.7 Å². The van der Waals surface area contributed by atoms with Crippen LogP contribution in [-0.2, 0) is 0 Å². The molecule has 2 nitrogen and oxygen atoms in total. The van der Waals surface area contributed by atoms with Gasteiger partial charge in [0.2, 0.25) is 0 Å². The molecular weight excluding hydrogens is 234 g/mol. The van der Waals surface area contributed by atoms with Crippen molar-refractivity contribution in [1.29, 1.82) is 0 Å². The van der Waals surface area contributed by atoms with Crippen molar-refractivity contribution in [1.82, 2.24) is 4.90 Å². The Morgan fingerprint density at radius 3 is 2.56 bits per heavy atom. The summed E-state index contributed by atoms with van der Waals surface area (Å²) in [5, 5.41) is 3.28. The number of benzene rings is 1. The summed E-state index contributed by atoms with van der Waals surface area (Å²) in [6.45, 7) is 5.49. The first-order chi connectivity index (χ1) is 8.69. The van der Waals surface area contributed by atoms with Crippen molar-refractivity contribution in [3.05, 3.63) is 29.8 Å². The first-order valence-corrected chi connectivity index (χ1v) is 6.63. The number of rotatable bonds is 4. The number of halogens is 2. The van der Waals surface area contributed by atoms with Crippen LogP contribution in [0.1, 0.15) is 26.2 Å². The van der Waals surface area contributed by atoms with Crippen molar-refractivity contribution >= 4 is 5.69 Å². The van der Waals surface area contributed by atoms with Gasteiger partial charge in [0, 0.05) is 30.9 Å². The number of nitrogens with one attached hydrogen (secondary N) is 1. The molecule has 0 radical (unpaired) electrons. The van der Waals surface area contributed by atoms with Crippen molar-refractivity contribution in [3.63, 3.8) is 0 Å². The van der Waals surface area contributed by atoms with Gasteiger partial charge in [-0.2, -0.15) is 0 Å². The Kier molecular flexibility index (Phi) is 4.53. The molecule has 0 unspecified atom stereocenters. The molecule has 1 heterocycles. The van der Waals surface area contributed by atoms with Gasteiger partial charge in [0.1, 0.15) is 0 Å². The van der Waals surface area contributed by atoms with E-state index < -0.39 is 11.6 Å². The Morgan fingerprint density at radius 1 is 1.22 bits per heavy atom.